The van der Waals surface area contributed by atoms with Gasteiger partial charge in [-0.05, 0) is 70.4 Å². The Labute approximate surface area is 565 Å². The number of hydrogen-bond donors (Lipinski definition) is 8. The van der Waals surface area contributed by atoms with Crippen LogP contribution in [0, 0.1) is 6.92 Å². The minimum atomic E-state index is -0.381. The molecule has 98 heavy (non-hydrogen) atoms. The highest BCUT2D eigenvalue weighted by Crippen LogP contribution is 2.40. The number of Topliss-reactive ketones (excluding diaryl/α,β-unsaturated/α-hetero) is 3. The zero-order chi connectivity index (χ0) is 70.2. The van der Waals surface area contributed by atoms with Gasteiger partial charge < -0.3 is 46.1 Å². The van der Waals surface area contributed by atoms with E-state index in [-0.39, 0.29) is 41.5 Å². The Morgan fingerprint density at radius 3 is 1.34 bits per heavy atom. The van der Waals surface area contributed by atoms with Crippen LogP contribution in [0.3, 0.4) is 0 Å². The van der Waals surface area contributed by atoms with E-state index in [1.54, 1.807) is 138 Å². The number of amides is 4. The van der Waals surface area contributed by atoms with Gasteiger partial charge in [0.1, 0.15) is 36.4 Å². The van der Waals surface area contributed by atoms with Gasteiger partial charge in [0.25, 0.3) is 0 Å². The van der Waals surface area contributed by atoms with Gasteiger partial charge in [-0.25, -0.2) is 44.5 Å². The largest absolute Gasteiger partial charge is 0.494 e. The highest BCUT2D eigenvalue weighted by molar-refractivity contribution is 6.04. The maximum absolute atomic E-state index is 12.6. The van der Waals surface area contributed by atoms with Crippen molar-refractivity contribution in [3.05, 3.63) is 133 Å². The third-order valence-electron chi connectivity index (χ3n) is 15.1. The molecule has 0 aliphatic heterocycles. The maximum Gasteiger partial charge on any atom is 0.320 e. The number of rotatable bonds is 24. The number of urea groups is 2. The second-order valence-corrected chi connectivity index (χ2v) is 22.7. The van der Waals surface area contributed by atoms with E-state index in [9.17, 15) is 24.0 Å². The number of aromatic nitrogens is 15. The van der Waals surface area contributed by atoms with Crippen LogP contribution in [0.25, 0.3) is 34.2 Å². The lowest BCUT2D eigenvalue weighted by atomic mass is 9.93. The van der Waals surface area contributed by atoms with Crippen LogP contribution in [-0.2, 0) is 28.2 Å². The van der Waals surface area contributed by atoms with Crippen LogP contribution in [0.4, 0.5) is 67.1 Å². The number of ketones is 3. The van der Waals surface area contributed by atoms with Crippen molar-refractivity contribution < 1.29 is 38.2 Å². The molecule has 510 valence electrons. The molecule has 8 heterocycles. The van der Waals surface area contributed by atoms with Gasteiger partial charge in [-0.2, -0.15) is 20.4 Å². The molecule has 11 rings (SSSR count). The summed E-state index contributed by atoms with van der Waals surface area (Å²) in [5, 5.41) is 41.5. The summed E-state index contributed by atoms with van der Waals surface area (Å²) in [5.41, 5.74) is 7.17. The Morgan fingerprint density at radius 1 is 0.500 bits per heavy atom. The summed E-state index contributed by atoms with van der Waals surface area (Å²) in [6.45, 7) is 11.1. The Morgan fingerprint density at radius 2 is 0.939 bits per heavy atom. The standard InChI is InChI=1S/C23H27N7O3.C22H25N9O2.C22H27N7O3/c1-4-19(31)16-12-24-20(28-23(32)26-14-7-5-8-14)11-18(16)27-17-10-6-9-15(21(17)33-3)22-25-13-30(2)29-22;1-6-17(32)15-11-24-18(27-19-9-13(2)31(4)28-19)10-16(15)26-22-20(33-5)14(7-8-23-22)21-25-12-30(3)29-21;1-6-18(30)15-11-23-19(27-22(31)25-13(2)3)10-17(15)26-16-9-7-8-14(20(16)32-5)21-24-12-29(4)28-21/h6,9-14H,4-5,7-8H2,1-3H3,(H3,24,26,27,28,32);7-12H,6H2,1-5H3,(H2,23,24,26,27,28);7-13H,6H2,1-5H3,(H3,23,25,26,27,31). The predicted octanol–water partition coefficient (Wildman–Crippen LogP) is 11.1. The molecule has 0 unspecified atom stereocenters. The lowest BCUT2D eigenvalue weighted by Crippen LogP contribution is -2.42. The number of hydrogen-bond acceptors (Lipinski definition) is 23. The number of benzene rings is 2. The quantitative estimate of drug-likeness (QED) is 0.0261. The molecule has 1 aliphatic rings. The first-order chi connectivity index (χ1) is 47.2. The van der Waals surface area contributed by atoms with E-state index < -0.39 is 0 Å². The minimum Gasteiger partial charge on any atom is -0.494 e. The molecule has 31 nitrogen and oxygen atoms in total. The summed E-state index contributed by atoms with van der Waals surface area (Å²) in [7, 11) is 11.9. The fourth-order valence-electron chi connectivity index (χ4n) is 9.97. The van der Waals surface area contributed by atoms with Gasteiger partial charge >= 0.3 is 12.1 Å². The van der Waals surface area contributed by atoms with E-state index in [1.807, 2.05) is 70.3 Å². The molecule has 0 atom stereocenters. The van der Waals surface area contributed by atoms with Crippen LogP contribution in [0.1, 0.15) is 110 Å². The monoisotopic (exact) mass is 1330 g/mol. The molecule has 0 bridgehead atoms. The molecule has 8 N–H and O–H groups in total. The van der Waals surface area contributed by atoms with Gasteiger partial charge in [0.15, 0.2) is 63.7 Å². The lowest BCUT2D eigenvalue weighted by Gasteiger charge is -2.26. The van der Waals surface area contributed by atoms with E-state index >= 15 is 0 Å². The van der Waals surface area contributed by atoms with Crippen LogP contribution >= 0.6 is 0 Å². The van der Waals surface area contributed by atoms with Gasteiger partial charge in [-0.15, -0.1) is 0 Å². The fraction of sp³-hybridized carbons (Fsp3) is 0.313. The number of ether oxygens (including phenoxy) is 3. The summed E-state index contributed by atoms with van der Waals surface area (Å²) in [6.07, 6.45) is 15.0. The van der Waals surface area contributed by atoms with Gasteiger partial charge in [0, 0.05) is 114 Å². The van der Waals surface area contributed by atoms with Crippen molar-refractivity contribution in [1.82, 2.24) is 84.6 Å². The molecule has 2 aromatic carbocycles. The summed E-state index contributed by atoms with van der Waals surface area (Å²) in [6, 6.07) is 19.3. The Balaban J connectivity index is 0.000000172. The molecule has 1 fully saturated rings. The van der Waals surface area contributed by atoms with Crippen LogP contribution in [-0.4, -0.2) is 137 Å². The van der Waals surface area contributed by atoms with Crippen molar-refractivity contribution in [2.75, 3.05) is 53.2 Å². The molecular formula is C67H79N23O8. The number of aryl methyl sites for hydroxylation is 5. The number of nitrogens with one attached hydrogen (secondary N) is 8. The van der Waals surface area contributed by atoms with Crippen molar-refractivity contribution in [2.45, 2.75) is 92.2 Å². The van der Waals surface area contributed by atoms with Gasteiger partial charge in [0.05, 0.1) is 83.1 Å². The molecule has 1 aliphatic carbocycles. The summed E-state index contributed by atoms with van der Waals surface area (Å²) >= 11 is 0. The number of pyridine rings is 4. The van der Waals surface area contributed by atoms with Crippen molar-refractivity contribution in [2.24, 2.45) is 28.2 Å². The summed E-state index contributed by atoms with van der Waals surface area (Å²) < 4.78 is 23.5. The smallest absolute Gasteiger partial charge is 0.320 e. The van der Waals surface area contributed by atoms with Crippen molar-refractivity contribution in [3.63, 3.8) is 0 Å². The SMILES string of the molecule is CCC(=O)c1cnc(NC(=O)NC(C)C)cc1Nc1cccc(-c2ncn(C)n2)c1OC.CCC(=O)c1cnc(NC(=O)NC2CCC2)cc1Nc1cccc(-c2ncn(C)n2)c1OC.CCC(=O)c1cnc(Nc2cc(C)n(C)n2)cc1Nc1nccc(-c2ncn(C)n2)c1OC. The number of carbonyl (C=O) groups is 5. The molecule has 1 saturated carbocycles. The highest BCUT2D eigenvalue weighted by atomic mass is 16.5. The average Bonchev–Trinajstić information content (AvgIpc) is 1.07. The molecule has 8 aromatic heterocycles. The first-order valence-electron chi connectivity index (χ1n) is 31.5. The highest BCUT2D eigenvalue weighted by Gasteiger charge is 2.24. The van der Waals surface area contributed by atoms with Crippen molar-refractivity contribution >= 4 is 86.9 Å². The fourth-order valence-corrected chi connectivity index (χ4v) is 9.97. The number of para-hydroxylation sites is 2. The molecule has 0 spiro atoms. The average molecular weight is 1330 g/mol. The second-order valence-electron chi connectivity index (χ2n) is 22.7. The first kappa shape index (κ1) is 70.1. The molecular weight excluding hydrogens is 1250 g/mol. The van der Waals surface area contributed by atoms with Gasteiger partial charge in [-0.3, -0.25) is 43.7 Å². The van der Waals surface area contributed by atoms with Crippen molar-refractivity contribution in [3.8, 4) is 51.4 Å². The molecule has 0 radical (unpaired) electrons. The van der Waals surface area contributed by atoms with E-state index in [4.69, 9.17) is 14.2 Å². The van der Waals surface area contributed by atoms with Gasteiger partial charge in [-0.1, -0.05) is 32.9 Å². The second kappa shape index (κ2) is 32.3. The third-order valence-corrected chi connectivity index (χ3v) is 15.1. The Kier molecular flexibility index (Phi) is 23.1. The molecule has 0 saturated heterocycles. The van der Waals surface area contributed by atoms with Crippen LogP contribution in [0.2, 0.25) is 0 Å². The van der Waals surface area contributed by atoms with E-state index in [0.29, 0.717) is 145 Å². The molecule has 4 amide bonds. The normalized spacial score (nSPS) is 11.6. The summed E-state index contributed by atoms with van der Waals surface area (Å²) in [4.78, 5) is 92.3. The van der Waals surface area contributed by atoms with Gasteiger partial charge in [0.2, 0.25) is 0 Å². The zero-order valence-electron chi connectivity index (χ0n) is 56.8. The van der Waals surface area contributed by atoms with Crippen LogP contribution < -0.4 is 56.7 Å². The van der Waals surface area contributed by atoms with Crippen LogP contribution in [0.5, 0.6) is 17.2 Å². The minimum absolute atomic E-state index is 0.0271. The zero-order valence-corrected chi connectivity index (χ0v) is 56.8. The first-order valence-corrected chi connectivity index (χ1v) is 31.5. The number of carbonyl (C=O) groups excluding carboxylic acids is 5. The molecule has 31 heteroatoms. The lowest BCUT2D eigenvalue weighted by molar-refractivity contribution is 0.0980. The number of nitrogens with zero attached hydrogens (tertiary/aromatic N) is 15. The van der Waals surface area contributed by atoms with Crippen LogP contribution in [0.15, 0.2) is 110 Å². The number of anilines is 10. The van der Waals surface area contributed by atoms with Crippen molar-refractivity contribution in [1.29, 1.82) is 0 Å². The van der Waals surface area contributed by atoms with E-state index in [2.05, 4.69) is 97.8 Å². The van der Waals surface area contributed by atoms with E-state index in [1.165, 1.54) is 12.4 Å². The van der Waals surface area contributed by atoms with E-state index in [0.717, 1.165) is 25.0 Å². The molecule has 10 aromatic rings. The third kappa shape index (κ3) is 17.4. The predicted molar refractivity (Wildman–Crippen MR) is 372 cm³/mol. The number of methoxy groups -OCH3 is 3. The Hall–Kier alpha value is -12.2. The summed E-state index contributed by atoms with van der Waals surface area (Å²) in [5.74, 6) is 5.12. The Bertz CT molecular complexity index is 4470. The topological polar surface area (TPSA) is 371 Å². The maximum atomic E-state index is 12.6.